The number of hydrogen-bond donors (Lipinski definition) is 0. The van der Waals surface area contributed by atoms with Crippen molar-refractivity contribution in [3.8, 4) is 0 Å². The highest BCUT2D eigenvalue weighted by molar-refractivity contribution is 7.77. The fourth-order valence-electron chi connectivity index (χ4n) is 0. The molecule has 0 saturated heterocycles. The number of rotatable bonds is 0. The third kappa shape index (κ3) is 1450. The first kappa shape index (κ1) is 16.4. The highest BCUT2D eigenvalue weighted by Crippen LogP contribution is 1.69. The Kier molecular flexibility index (Phi) is 24.5. The van der Waals surface area contributed by atoms with Gasteiger partial charge in [0.2, 0.25) is 0 Å². The highest BCUT2D eigenvalue weighted by atomic mass is 32.1. The predicted molar refractivity (Wildman–Crippen MR) is 26.3 cm³/mol. The molecule has 0 fully saturated rings. The van der Waals surface area contributed by atoms with Gasteiger partial charge in [-0.2, -0.15) is 0 Å². The van der Waals surface area contributed by atoms with Gasteiger partial charge in [0.05, 0.1) is 0 Å². The van der Waals surface area contributed by atoms with Gasteiger partial charge in [0, 0.05) is 12.8 Å². The van der Waals surface area contributed by atoms with Crippen molar-refractivity contribution in [2.45, 2.75) is 0 Å². The van der Waals surface area contributed by atoms with Gasteiger partial charge in [0.25, 0.3) is 0 Å². The molecule has 0 unspecified atom stereocenters. The average molecular weight is 116 g/mol. The smallest absolute Gasteiger partial charge is 0.00782 e. The summed E-state index contributed by atoms with van der Waals surface area (Å²) < 4.78 is 1.58. The molecule has 6 heavy (non-hydrogen) atoms. The van der Waals surface area contributed by atoms with E-state index in [-0.39, 0.29) is 9.41 Å². The van der Waals surface area contributed by atoms with E-state index < -0.39 is 0 Å². The molecule has 0 heterocycles. The Morgan fingerprint density at radius 2 is 1.17 bits per heavy atom. The minimum Gasteiger partial charge on any atom is -0.269 e. The molecule has 0 amide bonds. The Labute approximate surface area is 41.6 Å². The van der Waals surface area contributed by atoms with Crippen molar-refractivity contribution in [1.82, 2.24) is 4.31 Å². The topological polar surface area (TPSA) is 3.24 Å². The second-order valence-electron chi connectivity index (χ2n) is 0.812. The molecule has 0 aliphatic heterocycles. The van der Waals surface area contributed by atoms with Gasteiger partial charge in [-0.15, -0.1) is 0 Å². The van der Waals surface area contributed by atoms with Crippen LogP contribution in [0.25, 0.3) is 0 Å². The van der Waals surface area contributed by atoms with Crippen LogP contribution in [0, 0.1) is 0 Å². The summed E-state index contributed by atoms with van der Waals surface area (Å²) in [6, 6.07) is 0. The Morgan fingerprint density at radius 3 is 1.17 bits per heavy atom. The zero-order valence-corrected chi connectivity index (χ0v) is 4.49. The van der Waals surface area contributed by atoms with Crippen molar-refractivity contribution in [3.05, 3.63) is 0 Å². The molecule has 0 aromatic carbocycles. The van der Waals surface area contributed by atoms with Crippen LogP contribution in [0.5, 0.6) is 0 Å². The van der Waals surface area contributed by atoms with E-state index in [1.54, 1.807) is 4.31 Å². The molecule has 0 bridgehead atoms. The summed E-state index contributed by atoms with van der Waals surface area (Å²) in [5.41, 5.74) is 0. The molecule has 0 aliphatic rings. The normalized spacial score (nSPS) is 6.00. The lowest BCUT2D eigenvalue weighted by Gasteiger charge is -1.86. The van der Waals surface area contributed by atoms with Crippen LogP contribution >= 0.6 is 12.8 Å². The van der Waals surface area contributed by atoms with E-state index in [0.29, 0.717) is 0 Å². The molecular weight excluding hydrogens is 108 g/mol. The summed E-state index contributed by atoms with van der Waals surface area (Å²) in [4.78, 5) is 0. The lowest BCUT2D eigenvalue weighted by Crippen LogP contribution is -1.89. The largest absolute Gasteiger partial charge is 0.269 e. The van der Waals surface area contributed by atoms with E-state index in [4.69, 9.17) is 0 Å². The van der Waals surface area contributed by atoms with Gasteiger partial charge >= 0.3 is 0 Å². The van der Waals surface area contributed by atoms with Gasteiger partial charge in [-0.25, -0.2) is 4.31 Å². The minimum absolute atomic E-state index is 0. The molecule has 0 spiro atoms. The number of nitrogens with zero attached hydrogens (tertiary/aromatic N) is 1. The standard InChI is InChI=1S/C2H6NS.2FH/c1-3(2)4;;/h1-2H3;2*1H. The molecule has 0 aromatic heterocycles. The summed E-state index contributed by atoms with van der Waals surface area (Å²) >= 11 is 4.45. The summed E-state index contributed by atoms with van der Waals surface area (Å²) in [6.07, 6.45) is 0. The van der Waals surface area contributed by atoms with Crippen molar-refractivity contribution in [2.24, 2.45) is 0 Å². The summed E-state index contributed by atoms with van der Waals surface area (Å²) in [5.74, 6) is 0. The van der Waals surface area contributed by atoms with E-state index >= 15 is 0 Å². The first-order chi connectivity index (χ1) is 1.73. The van der Waals surface area contributed by atoms with E-state index in [9.17, 15) is 0 Å². The van der Waals surface area contributed by atoms with E-state index in [0.717, 1.165) is 0 Å². The second-order valence-corrected chi connectivity index (χ2v) is 1.54. The van der Waals surface area contributed by atoms with Crippen molar-refractivity contribution in [2.75, 3.05) is 14.1 Å². The van der Waals surface area contributed by atoms with Crippen LogP contribution in [0.1, 0.15) is 0 Å². The van der Waals surface area contributed by atoms with Crippen molar-refractivity contribution in [3.63, 3.8) is 0 Å². The first-order valence-electron chi connectivity index (χ1n) is 1.08. The monoisotopic (exact) mass is 116 g/mol. The zero-order chi connectivity index (χ0) is 3.58. The lowest BCUT2D eigenvalue weighted by molar-refractivity contribution is 0.714. The van der Waals surface area contributed by atoms with E-state index in [1.807, 2.05) is 14.1 Å². The Hall–Kier alpha value is 0.170. The van der Waals surface area contributed by atoms with Crippen LogP contribution in [0.2, 0.25) is 0 Å². The SMILES string of the molecule is CN(C)[S].F.F. The number of halogens is 2. The van der Waals surface area contributed by atoms with Gasteiger partial charge in [-0.05, 0) is 14.1 Å². The van der Waals surface area contributed by atoms with Gasteiger partial charge < -0.3 is 0 Å². The van der Waals surface area contributed by atoms with Gasteiger partial charge in [-0.3, -0.25) is 9.41 Å². The molecule has 0 aromatic rings. The maximum atomic E-state index is 4.45. The van der Waals surface area contributed by atoms with Gasteiger partial charge in [-0.1, -0.05) is 0 Å². The predicted octanol–water partition coefficient (Wildman–Crippen LogP) is 0.966. The summed E-state index contributed by atoms with van der Waals surface area (Å²) in [6.45, 7) is 0. The van der Waals surface area contributed by atoms with Crippen molar-refractivity contribution in [1.29, 1.82) is 0 Å². The Balaban J connectivity index is -0.0000000450. The molecule has 0 atom stereocenters. The van der Waals surface area contributed by atoms with Crippen LogP contribution in [0.15, 0.2) is 0 Å². The maximum absolute atomic E-state index is 4.45. The third-order valence-corrected chi connectivity index (χ3v) is 0. The zero-order valence-electron chi connectivity index (χ0n) is 3.67. The average Bonchev–Trinajstić information content (AvgIpc) is 0.811. The molecule has 0 rings (SSSR count). The van der Waals surface area contributed by atoms with Crippen molar-refractivity contribution < 1.29 is 9.41 Å². The molecule has 0 N–H and O–H groups in total. The van der Waals surface area contributed by atoms with E-state index in [2.05, 4.69) is 12.8 Å². The molecule has 1 nitrogen and oxygen atoms in total. The van der Waals surface area contributed by atoms with Crippen LogP contribution in [0.4, 0.5) is 9.41 Å². The number of hydrogen-bond acceptors (Lipinski definition) is 1. The fourth-order valence-corrected chi connectivity index (χ4v) is 0. The molecular formula is C2H8F2NS. The summed E-state index contributed by atoms with van der Waals surface area (Å²) in [5, 5.41) is 0. The Morgan fingerprint density at radius 1 is 1.17 bits per heavy atom. The molecule has 4 heteroatoms. The second kappa shape index (κ2) is 8.95. The van der Waals surface area contributed by atoms with Crippen LogP contribution < -0.4 is 0 Å². The lowest BCUT2D eigenvalue weighted by atomic mass is 11.3. The molecule has 0 aliphatic carbocycles. The fraction of sp³-hybridized carbons (Fsp3) is 1.00. The quantitative estimate of drug-likeness (QED) is 0.455. The molecule has 41 valence electrons. The Bertz CT molecular complexity index is 16.3. The minimum atomic E-state index is 0. The third-order valence-electron chi connectivity index (χ3n) is 0. The van der Waals surface area contributed by atoms with Gasteiger partial charge in [0.1, 0.15) is 0 Å². The highest BCUT2D eigenvalue weighted by Gasteiger charge is 1.62. The van der Waals surface area contributed by atoms with Crippen LogP contribution in [0.3, 0.4) is 0 Å². The van der Waals surface area contributed by atoms with Gasteiger partial charge in [0.15, 0.2) is 0 Å². The maximum Gasteiger partial charge on any atom is 0.00782 e. The first-order valence-corrected chi connectivity index (χ1v) is 1.44. The van der Waals surface area contributed by atoms with E-state index in [1.165, 1.54) is 0 Å². The summed E-state index contributed by atoms with van der Waals surface area (Å²) in [7, 11) is 3.63. The van der Waals surface area contributed by atoms with Crippen molar-refractivity contribution >= 4 is 12.8 Å². The molecule has 1 radical (unpaired) electrons. The molecule has 0 saturated carbocycles. The van der Waals surface area contributed by atoms with Crippen LogP contribution in [-0.4, -0.2) is 18.4 Å². The van der Waals surface area contributed by atoms with Crippen LogP contribution in [-0.2, 0) is 0 Å².